The van der Waals surface area contributed by atoms with E-state index in [0.717, 1.165) is 25.2 Å². The summed E-state index contributed by atoms with van der Waals surface area (Å²) in [5.41, 5.74) is 1.93. The number of rotatable bonds is 3. The van der Waals surface area contributed by atoms with Crippen LogP contribution in [0.1, 0.15) is 28.8 Å². The molecule has 0 radical (unpaired) electrons. The lowest BCUT2D eigenvalue weighted by atomic mass is 9.99. The molecule has 0 bridgehead atoms. The standard InChI is InChI=1S/C14H20N2O/c1-11-4-6-13(7-5-11)14(17)16-10-12-3-2-8-15-9-12/h4-7,12,15H,2-3,8-10H2,1H3,(H,16,17). The highest BCUT2D eigenvalue weighted by molar-refractivity contribution is 5.94. The molecule has 1 atom stereocenters. The van der Waals surface area contributed by atoms with Crippen molar-refractivity contribution >= 4 is 5.91 Å². The predicted molar refractivity (Wildman–Crippen MR) is 69.1 cm³/mol. The number of hydrogen-bond acceptors (Lipinski definition) is 2. The summed E-state index contributed by atoms with van der Waals surface area (Å²) in [5, 5.41) is 6.36. The van der Waals surface area contributed by atoms with Crippen molar-refractivity contribution in [2.24, 2.45) is 5.92 Å². The van der Waals surface area contributed by atoms with E-state index in [1.54, 1.807) is 0 Å². The average molecular weight is 232 g/mol. The number of piperidine rings is 1. The number of benzene rings is 1. The van der Waals surface area contributed by atoms with Crippen LogP contribution in [0, 0.1) is 12.8 Å². The second-order valence-corrected chi connectivity index (χ2v) is 4.79. The van der Waals surface area contributed by atoms with Gasteiger partial charge < -0.3 is 10.6 Å². The van der Waals surface area contributed by atoms with Gasteiger partial charge in [-0.1, -0.05) is 17.7 Å². The molecule has 17 heavy (non-hydrogen) atoms. The summed E-state index contributed by atoms with van der Waals surface area (Å²) in [6.45, 7) is 4.94. The molecule has 3 nitrogen and oxygen atoms in total. The van der Waals surface area contributed by atoms with Gasteiger partial charge in [-0.15, -0.1) is 0 Å². The summed E-state index contributed by atoms with van der Waals surface area (Å²) < 4.78 is 0. The number of carbonyl (C=O) groups excluding carboxylic acids is 1. The van der Waals surface area contributed by atoms with Crippen LogP contribution in [0.25, 0.3) is 0 Å². The van der Waals surface area contributed by atoms with Crippen molar-refractivity contribution in [2.75, 3.05) is 19.6 Å². The van der Waals surface area contributed by atoms with Crippen LogP contribution in [0.4, 0.5) is 0 Å². The first-order chi connectivity index (χ1) is 8.25. The van der Waals surface area contributed by atoms with Gasteiger partial charge in [0, 0.05) is 12.1 Å². The van der Waals surface area contributed by atoms with Gasteiger partial charge in [0.15, 0.2) is 0 Å². The van der Waals surface area contributed by atoms with Gasteiger partial charge in [-0.2, -0.15) is 0 Å². The van der Waals surface area contributed by atoms with Crippen LogP contribution in [-0.4, -0.2) is 25.5 Å². The molecule has 1 amide bonds. The Balaban J connectivity index is 1.82. The van der Waals surface area contributed by atoms with Crippen LogP contribution in [-0.2, 0) is 0 Å². The van der Waals surface area contributed by atoms with Gasteiger partial charge in [0.25, 0.3) is 5.91 Å². The molecule has 2 rings (SSSR count). The Morgan fingerprint density at radius 3 is 2.82 bits per heavy atom. The number of hydrogen-bond donors (Lipinski definition) is 2. The molecule has 3 heteroatoms. The maximum Gasteiger partial charge on any atom is 0.251 e. The van der Waals surface area contributed by atoms with Crippen molar-refractivity contribution in [2.45, 2.75) is 19.8 Å². The minimum absolute atomic E-state index is 0.0376. The molecular weight excluding hydrogens is 212 g/mol. The van der Waals surface area contributed by atoms with E-state index in [1.165, 1.54) is 18.4 Å². The molecule has 1 aliphatic rings. The number of carbonyl (C=O) groups is 1. The molecule has 0 aliphatic carbocycles. The maximum absolute atomic E-state index is 11.9. The average Bonchev–Trinajstić information content (AvgIpc) is 2.38. The van der Waals surface area contributed by atoms with E-state index in [-0.39, 0.29) is 5.91 Å². The Morgan fingerprint density at radius 2 is 2.18 bits per heavy atom. The van der Waals surface area contributed by atoms with E-state index in [1.807, 2.05) is 31.2 Å². The first-order valence-corrected chi connectivity index (χ1v) is 6.31. The third-order valence-electron chi connectivity index (χ3n) is 3.26. The number of amides is 1. The summed E-state index contributed by atoms with van der Waals surface area (Å²) in [6.07, 6.45) is 2.42. The Kier molecular flexibility index (Phi) is 4.15. The molecule has 1 aromatic rings. The van der Waals surface area contributed by atoms with Crippen LogP contribution in [0.3, 0.4) is 0 Å². The summed E-state index contributed by atoms with van der Waals surface area (Å²) >= 11 is 0. The smallest absolute Gasteiger partial charge is 0.251 e. The van der Waals surface area contributed by atoms with Crippen molar-refractivity contribution < 1.29 is 4.79 Å². The molecule has 1 heterocycles. The van der Waals surface area contributed by atoms with Crippen molar-refractivity contribution in [1.82, 2.24) is 10.6 Å². The van der Waals surface area contributed by atoms with Crippen molar-refractivity contribution in [3.05, 3.63) is 35.4 Å². The topological polar surface area (TPSA) is 41.1 Å². The summed E-state index contributed by atoms with van der Waals surface area (Å²) in [7, 11) is 0. The Bertz CT molecular complexity index is 366. The van der Waals surface area contributed by atoms with Crippen LogP contribution < -0.4 is 10.6 Å². The zero-order valence-electron chi connectivity index (χ0n) is 10.3. The lowest BCUT2D eigenvalue weighted by molar-refractivity contribution is 0.0945. The molecule has 1 fully saturated rings. The first kappa shape index (κ1) is 12.1. The fourth-order valence-electron chi connectivity index (χ4n) is 2.14. The molecule has 0 spiro atoms. The van der Waals surface area contributed by atoms with E-state index in [4.69, 9.17) is 0 Å². The lowest BCUT2D eigenvalue weighted by Gasteiger charge is -2.22. The SMILES string of the molecule is Cc1ccc(C(=O)NCC2CCCNC2)cc1. The molecular formula is C14H20N2O. The van der Waals surface area contributed by atoms with Crippen molar-refractivity contribution in [3.63, 3.8) is 0 Å². The largest absolute Gasteiger partial charge is 0.352 e. The molecule has 0 aromatic heterocycles. The first-order valence-electron chi connectivity index (χ1n) is 6.31. The fraction of sp³-hybridized carbons (Fsp3) is 0.500. The predicted octanol–water partition coefficient (Wildman–Crippen LogP) is 1.72. The van der Waals surface area contributed by atoms with E-state index >= 15 is 0 Å². The zero-order valence-corrected chi connectivity index (χ0v) is 10.3. The van der Waals surface area contributed by atoms with E-state index in [2.05, 4.69) is 10.6 Å². The molecule has 1 unspecified atom stereocenters. The second-order valence-electron chi connectivity index (χ2n) is 4.79. The molecule has 1 saturated heterocycles. The highest BCUT2D eigenvalue weighted by atomic mass is 16.1. The molecule has 92 valence electrons. The Morgan fingerprint density at radius 1 is 1.41 bits per heavy atom. The fourth-order valence-corrected chi connectivity index (χ4v) is 2.14. The lowest BCUT2D eigenvalue weighted by Crippen LogP contribution is -2.38. The highest BCUT2D eigenvalue weighted by Gasteiger charge is 2.14. The van der Waals surface area contributed by atoms with Gasteiger partial charge in [0.05, 0.1) is 0 Å². The van der Waals surface area contributed by atoms with Crippen LogP contribution >= 0.6 is 0 Å². The summed E-state index contributed by atoms with van der Waals surface area (Å²) in [5.74, 6) is 0.619. The normalized spacial score (nSPS) is 19.9. The van der Waals surface area contributed by atoms with Gasteiger partial charge in [0.1, 0.15) is 0 Å². The minimum atomic E-state index is 0.0376. The summed E-state index contributed by atoms with van der Waals surface area (Å²) in [4.78, 5) is 11.9. The van der Waals surface area contributed by atoms with E-state index in [9.17, 15) is 4.79 Å². The van der Waals surface area contributed by atoms with Crippen LogP contribution in [0.2, 0.25) is 0 Å². The quantitative estimate of drug-likeness (QED) is 0.833. The Hall–Kier alpha value is -1.35. The minimum Gasteiger partial charge on any atom is -0.352 e. The van der Waals surface area contributed by atoms with Gasteiger partial charge in [-0.3, -0.25) is 4.79 Å². The van der Waals surface area contributed by atoms with Crippen molar-refractivity contribution in [3.8, 4) is 0 Å². The van der Waals surface area contributed by atoms with Crippen LogP contribution in [0.15, 0.2) is 24.3 Å². The van der Waals surface area contributed by atoms with Crippen LogP contribution in [0.5, 0.6) is 0 Å². The molecule has 2 N–H and O–H groups in total. The maximum atomic E-state index is 11.9. The number of aryl methyl sites for hydroxylation is 1. The Labute approximate surface area is 103 Å². The van der Waals surface area contributed by atoms with Gasteiger partial charge in [0.2, 0.25) is 0 Å². The zero-order chi connectivity index (χ0) is 12.1. The van der Waals surface area contributed by atoms with Gasteiger partial charge >= 0.3 is 0 Å². The second kappa shape index (κ2) is 5.82. The van der Waals surface area contributed by atoms with E-state index in [0.29, 0.717) is 5.92 Å². The summed E-state index contributed by atoms with van der Waals surface area (Å²) in [6, 6.07) is 7.70. The third-order valence-corrected chi connectivity index (χ3v) is 3.26. The molecule has 1 aromatic carbocycles. The number of nitrogens with one attached hydrogen (secondary N) is 2. The highest BCUT2D eigenvalue weighted by Crippen LogP contribution is 2.09. The van der Waals surface area contributed by atoms with E-state index < -0.39 is 0 Å². The van der Waals surface area contributed by atoms with Crippen molar-refractivity contribution in [1.29, 1.82) is 0 Å². The monoisotopic (exact) mass is 232 g/mol. The molecule has 0 saturated carbocycles. The molecule has 1 aliphatic heterocycles. The van der Waals surface area contributed by atoms with Gasteiger partial charge in [-0.25, -0.2) is 0 Å². The third kappa shape index (κ3) is 3.56. The van der Waals surface area contributed by atoms with Gasteiger partial charge in [-0.05, 0) is 50.9 Å².